The lowest BCUT2D eigenvalue weighted by molar-refractivity contribution is -0.147. The monoisotopic (exact) mass is 340 g/mol. The van der Waals surface area contributed by atoms with Gasteiger partial charge in [0.2, 0.25) is 5.91 Å². The van der Waals surface area contributed by atoms with E-state index in [1.165, 1.54) is 7.11 Å². The largest absolute Gasteiger partial charge is 0.481 e. The van der Waals surface area contributed by atoms with Gasteiger partial charge in [0, 0.05) is 0 Å². The third-order valence-corrected chi connectivity index (χ3v) is 5.31. The highest BCUT2D eigenvalue weighted by atomic mass is 32.1. The predicted octanol–water partition coefficient (Wildman–Crippen LogP) is 1.05. The number of thiazole rings is 1. The fraction of sp³-hybridized carbons (Fsp3) is 0.571. The molecule has 2 fully saturated rings. The van der Waals surface area contributed by atoms with Gasteiger partial charge in [0.15, 0.2) is 5.13 Å². The predicted molar refractivity (Wildman–Crippen MR) is 79.3 cm³/mol. The molecule has 8 nitrogen and oxygen atoms in total. The molecule has 2 saturated heterocycles. The first-order chi connectivity index (χ1) is 10.9. The normalized spacial score (nSPS) is 28.6. The molecule has 3 heterocycles. The molecule has 2 aliphatic heterocycles. The molecule has 1 aromatic heterocycles. The van der Waals surface area contributed by atoms with Gasteiger partial charge in [0.05, 0.1) is 36.8 Å². The van der Waals surface area contributed by atoms with Crippen molar-refractivity contribution in [3.05, 3.63) is 10.6 Å². The van der Waals surface area contributed by atoms with E-state index in [2.05, 4.69) is 15.0 Å². The van der Waals surface area contributed by atoms with E-state index in [-0.39, 0.29) is 11.2 Å². The summed E-state index contributed by atoms with van der Waals surface area (Å²) in [6.45, 7) is 1.64. The maximum absolute atomic E-state index is 12.5. The number of aromatic nitrogens is 1. The van der Waals surface area contributed by atoms with Crippen molar-refractivity contribution >= 4 is 34.3 Å². The Balaban J connectivity index is 1.77. The number of fused-ring (bicyclic) bond motifs is 2. The first-order valence-electron chi connectivity index (χ1n) is 7.17. The highest BCUT2D eigenvalue weighted by molar-refractivity contribution is 7.17. The number of amides is 1. The van der Waals surface area contributed by atoms with Gasteiger partial charge in [-0.1, -0.05) is 11.3 Å². The molecule has 9 heteroatoms. The van der Waals surface area contributed by atoms with Crippen LogP contribution in [-0.4, -0.2) is 47.3 Å². The molecule has 23 heavy (non-hydrogen) atoms. The van der Waals surface area contributed by atoms with E-state index in [0.29, 0.717) is 23.4 Å². The summed E-state index contributed by atoms with van der Waals surface area (Å²) in [5.41, 5.74) is 0.455. The van der Waals surface area contributed by atoms with Gasteiger partial charge in [0.25, 0.3) is 0 Å². The van der Waals surface area contributed by atoms with Crippen LogP contribution < -0.4 is 5.32 Å². The molecule has 0 spiro atoms. The van der Waals surface area contributed by atoms with Crippen LogP contribution >= 0.6 is 11.3 Å². The van der Waals surface area contributed by atoms with Crippen molar-refractivity contribution in [1.82, 2.24) is 4.98 Å². The summed E-state index contributed by atoms with van der Waals surface area (Å²) in [6, 6.07) is 0. The van der Waals surface area contributed by atoms with Crippen molar-refractivity contribution in [3.8, 4) is 0 Å². The average Bonchev–Trinajstić information content (AvgIpc) is 3.19. The van der Waals surface area contributed by atoms with E-state index in [9.17, 15) is 19.5 Å². The summed E-state index contributed by atoms with van der Waals surface area (Å²) in [5.74, 6) is -3.56. The van der Waals surface area contributed by atoms with Gasteiger partial charge >= 0.3 is 11.9 Å². The SMILES string of the molecule is COC(=O)c1sc(NC(=O)[C@H]2[C@@H](C(=O)O)[C@H]3CC[C@@H]2O3)nc1C. The Morgan fingerprint density at radius 3 is 2.57 bits per heavy atom. The molecule has 0 aliphatic carbocycles. The second-order valence-corrected chi connectivity index (χ2v) is 6.59. The third kappa shape index (κ3) is 2.70. The fourth-order valence-corrected chi connectivity index (χ4v) is 4.13. The van der Waals surface area contributed by atoms with Crippen LogP contribution in [0.1, 0.15) is 28.2 Å². The van der Waals surface area contributed by atoms with Gasteiger partial charge < -0.3 is 19.9 Å². The second kappa shape index (κ2) is 5.89. The molecule has 4 atom stereocenters. The summed E-state index contributed by atoms with van der Waals surface area (Å²) >= 11 is 1.00. The Bertz CT molecular complexity index is 672. The van der Waals surface area contributed by atoms with E-state index in [1.54, 1.807) is 6.92 Å². The standard InChI is InChI=1S/C14H16N2O6S/c1-5-10(13(20)21-2)23-14(15-5)16-11(17)8-6-3-4-7(22-6)9(8)12(18)19/h6-9H,3-4H2,1-2H3,(H,18,19)(H,15,16,17)/t6-,7+,8+,9-/m0/s1. The molecule has 124 valence electrons. The highest BCUT2D eigenvalue weighted by Gasteiger charge is 2.55. The lowest BCUT2D eigenvalue weighted by Gasteiger charge is -2.23. The fourth-order valence-electron chi connectivity index (χ4n) is 3.25. The number of hydrogen-bond donors (Lipinski definition) is 2. The molecule has 3 rings (SSSR count). The number of carbonyl (C=O) groups excluding carboxylic acids is 2. The molecule has 1 amide bonds. The number of esters is 1. The molecule has 0 aromatic carbocycles. The maximum Gasteiger partial charge on any atom is 0.350 e. The summed E-state index contributed by atoms with van der Waals surface area (Å²) in [4.78, 5) is 39.9. The number of carboxylic acids is 1. The van der Waals surface area contributed by atoms with Crippen LogP contribution in [-0.2, 0) is 19.1 Å². The molecule has 0 saturated carbocycles. The number of methoxy groups -OCH3 is 1. The van der Waals surface area contributed by atoms with Gasteiger partial charge in [-0.05, 0) is 19.8 Å². The Labute approximate surface area is 135 Å². The first-order valence-corrected chi connectivity index (χ1v) is 7.99. The molecule has 0 unspecified atom stereocenters. The van der Waals surface area contributed by atoms with E-state index < -0.39 is 35.8 Å². The van der Waals surface area contributed by atoms with Crippen LogP contribution in [0.2, 0.25) is 0 Å². The number of anilines is 1. The molecule has 2 N–H and O–H groups in total. The van der Waals surface area contributed by atoms with Crippen LogP contribution in [0.5, 0.6) is 0 Å². The van der Waals surface area contributed by atoms with Gasteiger partial charge in [-0.2, -0.15) is 0 Å². The maximum atomic E-state index is 12.5. The molecular weight excluding hydrogens is 324 g/mol. The van der Waals surface area contributed by atoms with E-state index in [0.717, 1.165) is 11.3 Å². The average molecular weight is 340 g/mol. The van der Waals surface area contributed by atoms with E-state index >= 15 is 0 Å². The van der Waals surface area contributed by atoms with Crippen molar-refractivity contribution in [1.29, 1.82) is 0 Å². The minimum Gasteiger partial charge on any atom is -0.481 e. The number of nitrogens with one attached hydrogen (secondary N) is 1. The Morgan fingerprint density at radius 2 is 1.96 bits per heavy atom. The molecule has 1 aromatic rings. The lowest BCUT2D eigenvalue weighted by atomic mass is 9.79. The summed E-state index contributed by atoms with van der Waals surface area (Å²) in [7, 11) is 1.27. The minimum atomic E-state index is -1.03. The summed E-state index contributed by atoms with van der Waals surface area (Å²) in [5, 5.41) is 12.2. The Hall–Kier alpha value is -2.00. The van der Waals surface area contributed by atoms with Crippen LogP contribution in [0.3, 0.4) is 0 Å². The number of aliphatic carboxylic acids is 1. The first kappa shape index (κ1) is 15.9. The lowest BCUT2D eigenvalue weighted by Crippen LogP contribution is -2.40. The number of carboxylic acid groups (broad SMARTS) is 1. The topological polar surface area (TPSA) is 115 Å². The van der Waals surface area contributed by atoms with Crippen LogP contribution in [0.4, 0.5) is 5.13 Å². The zero-order chi connectivity index (χ0) is 16.7. The van der Waals surface area contributed by atoms with Crippen molar-refractivity contribution < 1.29 is 29.0 Å². The Kier molecular flexibility index (Phi) is 4.07. The molecule has 2 bridgehead atoms. The summed E-state index contributed by atoms with van der Waals surface area (Å²) < 4.78 is 10.2. The number of nitrogens with zero attached hydrogens (tertiary/aromatic N) is 1. The van der Waals surface area contributed by atoms with Crippen LogP contribution in [0.25, 0.3) is 0 Å². The number of ether oxygens (including phenoxy) is 2. The van der Waals surface area contributed by atoms with Crippen molar-refractivity contribution in [2.45, 2.75) is 32.0 Å². The number of hydrogen-bond acceptors (Lipinski definition) is 7. The van der Waals surface area contributed by atoms with Crippen molar-refractivity contribution in [2.75, 3.05) is 12.4 Å². The zero-order valence-corrected chi connectivity index (χ0v) is 13.4. The third-order valence-electron chi connectivity index (χ3n) is 4.26. The summed E-state index contributed by atoms with van der Waals surface area (Å²) in [6.07, 6.45) is 0.560. The second-order valence-electron chi connectivity index (χ2n) is 5.59. The van der Waals surface area contributed by atoms with Gasteiger partial charge in [-0.15, -0.1) is 0 Å². The molecule has 2 aliphatic rings. The molecular formula is C14H16N2O6S. The van der Waals surface area contributed by atoms with Crippen LogP contribution in [0, 0.1) is 18.8 Å². The quantitative estimate of drug-likeness (QED) is 0.787. The van der Waals surface area contributed by atoms with Gasteiger partial charge in [0.1, 0.15) is 4.88 Å². The van der Waals surface area contributed by atoms with E-state index in [4.69, 9.17) is 4.74 Å². The number of carbonyl (C=O) groups is 3. The Morgan fingerprint density at radius 1 is 1.30 bits per heavy atom. The zero-order valence-electron chi connectivity index (χ0n) is 12.6. The number of rotatable bonds is 4. The van der Waals surface area contributed by atoms with E-state index in [1.807, 2.05) is 0 Å². The molecule has 0 radical (unpaired) electrons. The highest BCUT2D eigenvalue weighted by Crippen LogP contribution is 2.44. The van der Waals surface area contributed by atoms with Gasteiger partial charge in [-0.3, -0.25) is 9.59 Å². The minimum absolute atomic E-state index is 0.250. The van der Waals surface area contributed by atoms with Crippen molar-refractivity contribution in [3.63, 3.8) is 0 Å². The smallest absolute Gasteiger partial charge is 0.350 e. The number of aryl methyl sites for hydroxylation is 1. The van der Waals surface area contributed by atoms with Gasteiger partial charge in [-0.25, -0.2) is 9.78 Å². The van der Waals surface area contributed by atoms with Crippen molar-refractivity contribution in [2.24, 2.45) is 11.8 Å². The van der Waals surface area contributed by atoms with Crippen LogP contribution in [0.15, 0.2) is 0 Å².